The molecule has 1 atom stereocenters. The molecule has 0 bridgehead atoms. The summed E-state index contributed by atoms with van der Waals surface area (Å²) in [6.07, 6.45) is -0.469. The van der Waals surface area contributed by atoms with Gasteiger partial charge >= 0.3 is 5.97 Å². The Hall–Kier alpha value is -2.08. The molecule has 0 N–H and O–H groups in total. The molecule has 0 radical (unpaired) electrons. The van der Waals surface area contributed by atoms with Gasteiger partial charge in [0.2, 0.25) is 5.91 Å². The van der Waals surface area contributed by atoms with Gasteiger partial charge in [-0.25, -0.2) is 4.79 Å². The fourth-order valence-electron chi connectivity index (χ4n) is 2.27. The summed E-state index contributed by atoms with van der Waals surface area (Å²) in [5.41, 5.74) is 0.825. The highest BCUT2D eigenvalue weighted by Crippen LogP contribution is 2.19. The molecule has 1 unspecified atom stereocenters. The molecule has 1 heterocycles. The van der Waals surface area contributed by atoms with Gasteiger partial charge in [-0.15, -0.1) is 0 Å². The standard InChI is InChI=1S/C15H19NO5/c1-19-12-6-4-3-5-11(12)9-14(17)16-7-8-21-13(10-16)15(18)20-2/h3-6,13H,7-10H2,1-2H3. The number of nitrogens with zero attached hydrogens (tertiary/aromatic N) is 1. The van der Waals surface area contributed by atoms with E-state index in [1.54, 1.807) is 12.0 Å². The summed E-state index contributed by atoms with van der Waals surface area (Å²) < 4.78 is 15.2. The third-order valence-corrected chi connectivity index (χ3v) is 3.42. The van der Waals surface area contributed by atoms with Gasteiger partial charge < -0.3 is 19.1 Å². The zero-order chi connectivity index (χ0) is 15.2. The van der Waals surface area contributed by atoms with Crippen LogP contribution in [0, 0.1) is 0 Å². The summed E-state index contributed by atoms with van der Waals surface area (Å²) in [6.45, 7) is 1.03. The van der Waals surface area contributed by atoms with Crippen molar-refractivity contribution in [2.45, 2.75) is 12.5 Å². The molecule has 1 saturated heterocycles. The van der Waals surface area contributed by atoms with E-state index in [0.717, 1.165) is 5.56 Å². The van der Waals surface area contributed by atoms with Gasteiger partial charge in [-0.1, -0.05) is 18.2 Å². The second kappa shape index (κ2) is 7.08. The Kier molecular flexibility index (Phi) is 5.16. The number of benzene rings is 1. The molecule has 0 aromatic heterocycles. The SMILES string of the molecule is COC(=O)C1CN(C(=O)Cc2ccccc2OC)CCO1. The van der Waals surface area contributed by atoms with Gasteiger partial charge in [-0.05, 0) is 6.07 Å². The molecular weight excluding hydrogens is 274 g/mol. The first-order valence-electron chi connectivity index (χ1n) is 6.74. The molecular formula is C15H19NO5. The van der Waals surface area contributed by atoms with E-state index in [2.05, 4.69) is 4.74 Å². The summed E-state index contributed by atoms with van der Waals surface area (Å²) >= 11 is 0. The van der Waals surface area contributed by atoms with Crippen LogP contribution >= 0.6 is 0 Å². The first-order chi connectivity index (χ1) is 10.2. The van der Waals surface area contributed by atoms with Gasteiger partial charge in [0.25, 0.3) is 0 Å². The Labute approximate surface area is 123 Å². The van der Waals surface area contributed by atoms with Crippen LogP contribution in [0.4, 0.5) is 0 Å². The summed E-state index contributed by atoms with van der Waals surface area (Å²) in [7, 11) is 2.88. The first kappa shape index (κ1) is 15.3. The highest BCUT2D eigenvalue weighted by atomic mass is 16.6. The molecule has 1 aliphatic rings. The number of methoxy groups -OCH3 is 2. The highest BCUT2D eigenvalue weighted by molar-refractivity contribution is 5.81. The van der Waals surface area contributed by atoms with Gasteiger partial charge in [0.1, 0.15) is 5.75 Å². The van der Waals surface area contributed by atoms with Crippen LogP contribution in [0.2, 0.25) is 0 Å². The van der Waals surface area contributed by atoms with Crippen LogP contribution in [0.5, 0.6) is 5.75 Å². The molecule has 0 saturated carbocycles. The lowest BCUT2D eigenvalue weighted by Crippen LogP contribution is -2.49. The Bertz CT molecular complexity index is 517. The van der Waals surface area contributed by atoms with Gasteiger partial charge in [-0.2, -0.15) is 0 Å². The predicted molar refractivity (Wildman–Crippen MR) is 75.0 cm³/mol. The molecule has 6 heteroatoms. The number of hydrogen-bond acceptors (Lipinski definition) is 5. The second-order valence-corrected chi connectivity index (χ2v) is 4.71. The largest absolute Gasteiger partial charge is 0.496 e. The van der Waals surface area contributed by atoms with Crippen molar-refractivity contribution in [1.82, 2.24) is 4.90 Å². The Morgan fingerprint density at radius 1 is 1.33 bits per heavy atom. The van der Waals surface area contributed by atoms with Crippen LogP contribution in [0.25, 0.3) is 0 Å². The molecule has 21 heavy (non-hydrogen) atoms. The molecule has 0 aliphatic carbocycles. The number of carbonyl (C=O) groups is 2. The minimum atomic E-state index is -0.703. The zero-order valence-corrected chi connectivity index (χ0v) is 12.2. The van der Waals surface area contributed by atoms with Crippen LogP contribution in [-0.2, 0) is 25.5 Å². The van der Waals surface area contributed by atoms with Crippen molar-refractivity contribution in [1.29, 1.82) is 0 Å². The van der Waals surface area contributed by atoms with Crippen LogP contribution in [0.15, 0.2) is 24.3 Å². The lowest BCUT2D eigenvalue weighted by atomic mass is 10.1. The normalized spacial score (nSPS) is 18.2. The fraction of sp³-hybridized carbons (Fsp3) is 0.467. The molecule has 1 fully saturated rings. The van der Waals surface area contributed by atoms with Crippen molar-refractivity contribution >= 4 is 11.9 Å². The van der Waals surface area contributed by atoms with E-state index in [4.69, 9.17) is 9.47 Å². The van der Waals surface area contributed by atoms with Crippen molar-refractivity contribution in [3.8, 4) is 5.75 Å². The Balaban J connectivity index is 2.01. The number of rotatable bonds is 4. The molecule has 114 valence electrons. The van der Waals surface area contributed by atoms with Crippen LogP contribution < -0.4 is 4.74 Å². The maximum Gasteiger partial charge on any atom is 0.336 e. The van der Waals surface area contributed by atoms with E-state index in [1.165, 1.54) is 7.11 Å². The molecule has 1 aromatic carbocycles. The van der Waals surface area contributed by atoms with Crippen LogP contribution in [0.3, 0.4) is 0 Å². The van der Waals surface area contributed by atoms with Crippen LogP contribution in [-0.4, -0.2) is 56.8 Å². The van der Waals surface area contributed by atoms with Crippen molar-refractivity contribution in [2.75, 3.05) is 33.9 Å². The highest BCUT2D eigenvalue weighted by Gasteiger charge is 2.30. The van der Waals surface area contributed by atoms with Crippen molar-refractivity contribution < 1.29 is 23.8 Å². The summed E-state index contributed by atoms with van der Waals surface area (Å²) in [4.78, 5) is 25.5. The molecule has 2 rings (SSSR count). The third-order valence-electron chi connectivity index (χ3n) is 3.42. The molecule has 1 aliphatic heterocycles. The van der Waals surface area contributed by atoms with Crippen LogP contribution in [0.1, 0.15) is 5.56 Å². The average Bonchev–Trinajstić information content (AvgIpc) is 2.54. The zero-order valence-electron chi connectivity index (χ0n) is 12.2. The molecule has 6 nitrogen and oxygen atoms in total. The Morgan fingerprint density at radius 2 is 2.10 bits per heavy atom. The lowest BCUT2D eigenvalue weighted by Gasteiger charge is -2.31. The minimum absolute atomic E-state index is 0.0586. The summed E-state index contributed by atoms with van der Waals surface area (Å²) in [5.74, 6) is 0.171. The summed E-state index contributed by atoms with van der Waals surface area (Å²) in [6, 6.07) is 7.39. The quantitative estimate of drug-likeness (QED) is 0.762. The molecule has 1 amide bonds. The van der Waals surface area contributed by atoms with E-state index in [-0.39, 0.29) is 18.9 Å². The summed E-state index contributed by atoms with van der Waals surface area (Å²) in [5, 5.41) is 0. The van der Waals surface area contributed by atoms with Gasteiger partial charge in [-0.3, -0.25) is 4.79 Å². The van der Waals surface area contributed by atoms with Gasteiger partial charge in [0.05, 0.1) is 33.8 Å². The van der Waals surface area contributed by atoms with Gasteiger partial charge in [0.15, 0.2) is 6.10 Å². The number of esters is 1. The van der Waals surface area contributed by atoms with E-state index in [1.807, 2.05) is 24.3 Å². The maximum atomic E-state index is 12.4. The van der Waals surface area contributed by atoms with Crippen molar-refractivity contribution in [2.24, 2.45) is 0 Å². The smallest absolute Gasteiger partial charge is 0.336 e. The van der Waals surface area contributed by atoms with Gasteiger partial charge in [0, 0.05) is 12.1 Å². The van der Waals surface area contributed by atoms with E-state index in [0.29, 0.717) is 18.9 Å². The van der Waals surface area contributed by atoms with E-state index >= 15 is 0 Å². The maximum absolute atomic E-state index is 12.4. The number of hydrogen-bond donors (Lipinski definition) is 0. The fourth-order valence-corrected chi connectivity index (χ4v) is 2.27. The number of amides is 1. The van der Waals surface area contributed by atoms with E-state index in [9.17, 15) is 9.59 Å². The number of morpholine rings is 1. The third kappa shape index (κ3) is 3.72. The van der Waals surface area contributed by atoms with Crippen molar-refractivity contribution in [3.05, 3.63) is 29.8 Å². The first-order valence-corrected chi connectivity index (χ1v) is 6.74. The number of carbonyl (C=O) groups excluding carboxylic acids is 2. The second-order valence-electron chi connectivity index (χ2n) is 4.71. The monoisotopic (exact) mass is 293 g/mol. The molecule has 0 spiro atoms. The molecule has 1 aromatic rings. The number of para-hydroxylation sites is 1. The topological polar surface area (TPSA) is 65.1 Å². The average molecular weight is 293 g/mol. The van der Waals surface area contributed by atoms with Crippen molar-refractivity contribution in [3.63, 3.8) is 0 Å². The number of ether oxygens (including phenoxy) is 3. The lowest BCUT2D eigenvalue weighted by molar-refractivity contribution is -0.162. The Morgan fingerprint density at radius 3 is 2.81 bits per heavy atom. The van der Waals surface area contributed by atoms with E-state index < -0.39 is 12.1 Å². The minimum Gasteiger partial charge on any atom is -0.496 e. The predicted octanol–water partition coefficient (Wildman–Crippen LogP) is 0.638.